The van der Waals surface area contributed by atoms with Crippen molar-refractivity contribution in [2.75, 3.05) is 13.2 Å². The maximum absolute atomic E-state index is 13.8. The van der Waals surface area contributed by atoms with Crippen molar-refractivity contribution in [3.63, 3.8) is 0 Å². The molecule has 1 aliphatic heterocycles. The SMILES string of the molecule is CC(C)[C@H](NC(=O)c1cn2ccccc2n1)C(=O)N1CCC[C@H]1C(=O)N[C@@H](CC(=O)OC(C)(C)C)C(=O)COc1ccccc1. The predicted octanol–water partition coefficient (Wildman–Crippen LogP) is 2.94. The van der Waals surface area contributed by atoms with Gasteiger partial charge < -0.3 is 29.4 Å². The van der Waals surface area contributed by atoms with Crippen molar-refractivity contribution in [3.8, 4) is 5.75 Å². The molecular formula is C33H41N5O7. The molecule has 1 saturated heterocycles. The number of amides is 3. The average molecular weight is 620 g/mol. The van der Waals surface area contributed by atoms with Crippen LogP contribution in [0.3, 0.4) is 0 Å². The number of para-hydroxylation sites is 1. The van der Waals surface area contributed by atoms with Gasteiger partial charge in [0, 0.05) is 18.9 Å². The number of imidazole rings is 1. The van der Waals surface area contributed by atoms with Gasteiger partial charge in [0.1, 0.15) is 47.4 Å². The number of likely N-dealkylation sites (tertiary alicyclic amines) is 1. The van der Waals surface area contributed by atoms with Crippen LogP contribution in [0.1, 0.15) is 64.4 Å². The van der Waals surface area contributed by atoms with Gasteiger partial charge in [-0.2, -0.15) is 0 Å². The molecule has 0 radical (unpaired) electrons. The number of nitrogens with one attached hydrogen (secondary N) is 2. The van der Waals surface area contributed by atoms with Crippen LogP contribution in [0.5, 0.6) is 5.75 Å². The molecule has 1 fully saturated rings. The molecule has 4 rings (SSSR count). The highest BCUT2D eigenvalue weighted by molar-refractivity contribution is 5.99. The Morgan fingerprint density at radius 1 is 1.00 bits per heavy atom. The topological polar surface area (TPSA) is 148 Å². The molecule has 0 bridgehead atoms. The maximum Gasteiger partial charge on any atom is 0.308 e. The van der Waals surface area contributed by atoms with E-state index in [1.807, 2.05) is 18.2 Å². The molecule has 1 aromatic carbocycles. The summed E-state index contributed by atoms with van der Waals surface area (Å²) in [4.78, 5) is 72.2. The van der Waals surface area contributed by atoms with Crippen molar-refractivity contribution in [2.24, 2.45) is 5.92 Å². The number of rotatable bonds is 12. The molecule has 0 spiro atoms. The van der Waals surface area contributed by atoms with Crippen LogP contribution in [0.4, 0.5) is 0 Å². The molecule has 0 aliphatic carbocycles. The van der Waals surface area contributed by atoms with Crippen LogP contribution in [0.15, 0.2) is 60.9 Å². The number of hydrogen-bond donors (Lipinski definition) is 2. The number of esters is 1. The number of ether oxygens (including phenoxy) is 2. The molecule has 12 nitrogen and oxygen atoms in total. The molecule has 3 aromatic rings. The van der Waals surface area contributed by atoms with Crippen LogP contribution < -0.4 is 15.4 Å². The first-order valence-electron chi connectivity index (χ1n) is 15.1. The zero-order chi connectivity index (χ0) is 32.7. The Morgan fingerprint density at radius 2 is 1.71 bits per heavy atom. The summed E-state index contributed by atoms with van der Waals surface area (Å²) < 4.78 is 12.7. The van der Waals surface area contributed by atoms with E-state index < -0.39 is 59.6 Å². The Bertz CT molecular complexity index is 1500. The van der Waals surface area contributed by atoms with E-state index in [9.17, 15) is 24.0 Å². The van der Waals surface area contributed by atoms with Crippen LogP contribution in [-0.2, 0) is 23.9 Å². The minimum absolute atomic E-state index is 0.164. The van der Waals surface area contributed by atoms with Gasteiger partial charge in [0.05, 0.1) is 6.42 Å². The quantitative estimate of drug-likeness (QED) is 0.294. The molecule has 45 heavy (non-hydrogen) atoms. The number of pyridine rings is 1. The number of Topliss-reactive ketones (excluding diaryl/α,β-unsaturated/α-hetero) is 1. The van der Waals surface area contributed by atoms with Crippen molar-refractivity contribution < 1.29 is 33.4 Å². The Morgan fingerprint density at radius 3 is 2.38 bits per heavy atom. The minimum atomic E-state index is -1.23. The monoisotopic (exact) mass is 619 g/mol. The van der Waals surface area contributed by atoms with Crippen LogP contribution in [0.25, 0.3) is 5.65 Å². The smallest absolute Gasteiger partial charge is 0.308 e. The van der Waals surface area contributed by atoms with E-state index in [1.165, 1.54) is 4.90 Å². The highest BCUT2D eigenvalue weighted by atomic mass is 16.6. The molecular weight excluding hydrogens is 578 g/mol. The Labute approximate surface area is 262 Å². The van der Waals surface area contributed by atoms with Gasteiger partial charge >= 0.3 is 5.97 Å². The zero-order valence-electron chi connectivity index (χ0n) is 26.3. The minimum Gasteiger partial charge on any atom is -0.486 e. The fraction of sp³-hybridized carbons (Fsp3) is 0.455. The summed E-state index contributed by atoms with van der Waals surface area (Å²) in [6, 6.07) is 11.1. The van der Waals surface area contributed by atoms with Gasteiger partial charge in [-0.05, 0) is 63.8 Å². The summed E-state index contributed by atoms with van der Waals surface area (Å²) in [7, 11) is 0. The molecule has 3 amide bonds. The zero-order valence-corrected chi connectivity index (χ0v) is 26.3. The van der Waals surface area contributed by atoms with Gasteiger partial charge in [-0.3, -0.25) is 24.0 Å². The molecule has 0 unspecified atom stereocenters. The van der Waals surface area contributed by atoms with Gasteiger partial charge in [0.2, 0.25) is 11.8 Å². The lowest BCUT2D eigenvalue weighted by Crippen LogP contribution is -2.57. The lowest BCUT2D eigenvalue weighted by atomic mass is 10.0. The first-order valence-corrected chi connectivity index (χ1v) is 15.1. The van der Waals surface area contributed by atoms with Crippen molar-refractivity contribution in [1.29, 1.82) is 0 Å². The number of hydrogen-bond acceptors (Lipinski definition) is 8. The normalized spacial score (nSPS) is 16.2. The number of carbonyl (C=O) groups is 5. The number of ketones is 1. The largest absolute Gasteiger partial charge is 0.486 e. The molecule has 2 aromatic heterocycles. The summed E-state index contributed by atoms with van der Waals surface area (Å²) >= 11 is 0. The van der Waals surface area contributed by atoms with Gasteiger partial charge in [0.15, 0.2) is 5.78 Å². The summed E-state index contributed by atoms with van der Waals surface area (Å²) in [6.45, 7) is 8.65. The van der Waals surface area contributed by atoms with Crippen molar-refractivity contribution in [3.05, 3.63) is 66.6 Å². The van der Waals surface area contributed by atoms with Crippen LogP contribution in [0.2, 0.25) is 0 Å². The third-order valence-electron chi connectivity index (χ3n) is 7.27. The third kappa shape index (κ3) is 8.90. The second kappa shape index (κ2) is 14.4. The van der Waals surface area contributed by atoms with Crippen LogP contribution in [-0.4, -0.2) is 80.6 Å². The summed E-state index contributed by atoms with van der Waals surface area (Å²) in [5.74, 6) is -2.50. The Kier molecular flexibility index (Phi) is 10.6. The number of nitrogens with zero attached hydrogens (tertiary/aromatic N) is 3. The van der Waals surface area contributed by atoms with E-state index in [2.05, 4.69) is 15.6 Å². The van der Waals surface area contributed by atoms with Crippen molar-refractivity contribution >= 4 is 35.1 Å². The number of aromatic nitrogens is 2. The third-order valence-corrected chi connectivity index (χ3v) is 7.27. The van der Waals surface area contributed by atoms with Gasteiger partial charge in [0.25, 0.3) is 5.91 Å². The molecule has 1 aliphatic rings. The van der Waals surface area contributed by atoms with E-state index >= 15 is 0 Å². The molecule has 12 heteroatoms. The lowest BCUT2D eigenvalue weighted by Gasteiger charge is -2.31. The Balaban J connectivity index is 1.46. The lowest BCUT2D eigenvalue weighted by molar-refractivity contribution is -0.156. The summed E-state index contributed by atoms with van der Waals surface area (Å²) in [6.07, 6.45) is 3.87. The number of carbonyl (C=O) groups excluding carboxylic acids is 5. The summed E-state index contributed by atoms with van der Waals surface area (Å²) in [5, 5.41) is 5.48. The second-order valence-corrected chi connectivity index (χ2v) is 12.4. The molecule has 3 heterocycles. The molecule has 240 valence electrons. The standard InChI is InChI=1S/C33H41N5O7/c1-21(2)29(36-30(41)24-19-37-16-10-9-15-27(37)34-24)32(43)38-17-11-14-25(38)31(42)35-23(18-28(40)45-33(3,4)5)26(39)20-44-22-12-7-6-8-13-22/h6-10,12-13,15-16,19,21,23,25,29H,11,14,17-18,20H2,1-5H3,(H,35,42)(H,36,41)/t23-,25-,29-/m0/s1. The molecule has 0 saturated carbocycles. The van der Waals surface area contributed by atoms with E-state index in [4.69, 9.17) is 9.47 Å². The second-order valence-electron chi connectivity index (χ2n) is 12.4. The predicted molar refractivity (Wildman–Crippen MR) is 165 cm³/mol. The number of benzene rings is 1. The van der Waals surface area contributed by atoms with Gasteiger partial charge in [-0.25, -0.2) is 4.98 Å². The van der Waals surface area contributed by atoms with Crippen LogP contribution >= 0.6 is 0 Å². The van der Waals surface area contributed by atoms with E-state index in [1.54, 1.807) is 81.7 Å². The summed E-state index contributed by atoms with van der Waals surface area (Å²) in [5.41, 5.74) is -0.0312. The van der Waals surface area contributed by atoms with Crippen LogP contribution in [0, 0.1) is 5.92 Å². The first kappa shape index (κ1) is 33.2. The van der Waals surface area contributed by atoms with E-state index in [0.29, 0.717) is 30.8 Å². The average Bonchev–Trinajstić information content (AvgIpc) is 3.65. The van der Waals surface area contributed by atoms with E-state index in [-0.39, 0.29) is 18.2 Å². The van der Waals surface area contributed by atoms with Gasteiger partial charge in [-0.15, -0.1) is 0 Å². The maximum atomic E-state index is 13.8. The number of fused-ring (bicyclic) bond motifs is 1. The van der Waals surface area contributed by atoms with Crippen molar-refractivity contribution in [1.82, 2.24) is 24.9 Å². The highest BCUT2D eigenvalue weighted by Gasteiger charge is 2.40. The van der Waals surface area contributed by atoms with Crippen molar-refractivity contribution in [2.45, 2.75) is 77.6 Å². The molecule has 2 N–H and O–H groups in total. The van der Waals surface area contributed by atoms with Gasteiger partial charge in [-0.1, -0.05) is 38.1 Å². The fourth-order valence-corrected chi connectivity index (χ4v) is 5.09. The highest BCUT2D eigenvalue weighted by Crippen LogP contribution is 2.22. The fourth-order valence-electron chi connectivity index (χ4n) is 5.09. The molecule has 3 atom stereocenters. The Hall–Kier alpha value is -4.74. The first-order chi connectivity index (χ1) is 21.3. The van der Waals surface area contributed by atoms with E-state index in [0.717, 1.165) is 0 Å².